The largest absolute Gasteiger partial charge is 0.472 e. The number of hydrogen-bond acceptors (Lipinski definition) is 15. The van der Waals surface area contributed by atoms with Gasteiger partial charge in [0.25, 0.3) is 0 Å². The zero-order valence-electron chi connectivity index (χ0n) is 67.7. The quantitative estimate of drug-likeness (QED) is 0.0169. The third-order valence-electron chi connectivity index (χ3n) is 17.3. The molecule has 0 aliphatic heterocycles. The third kappa shape index (κ3) is 79.0. The Kier molecular flexibility index (Phi) is 76.3. The zero-order chi connectivity index (χ0) is 78.9. The average molecular weight is 1550 g/mol. The molecule has 0 saturated heterocycles. The monoisotopic (exact) mass is 1550 g/mol. The molecule has 2 unspecified atom stereocenters. The Labute approximate surface area is 656 Å². The molecule has 618 valence electrons. The lowest BCUT2D eigenvalue weighted by Crippen LogP contribution is -2.30. The van der Waals surface area contributed by atoms with Gasteiger partial charge in [0.15, 0.2) is 12.2 Å². The summed E-state index contributed by atoms with van der Waals surface area (Å²) in [4.78, 5) is 73.2. The van der Waals surface area contributed by atoms with E-state index in [0.717, 1.165) is 173 Å². The number of carbonyl (C=O) groups is 4. The molecule has 0 fully saturated rings. The first-order valence-electron chi connectivity index (χ1n) is 42.1. The van der Waals surface area contributed by atoms with Gasteiger partial charge in [-0.25, -0.2) is 9.13 Å². The summed E-state index contributed by atoms with van der Waals surface area (Å²) in [7, 11) is -9.99. The summed E-state index contributed by atoms with van der Waals surface area (Å²) >= 11 is 0. The first-order valence-corrected chi connectivity index (χ1v) is 45.1. The van der Waals surface area contributed by atoms with Crippen LogP contribution in [-0.4, -0.2) is 96.7 Å². The normalized spacial score (nSPS) is 14.5. The van der Waals surface area contributed by atoms with Crippen molar-refractivity contribution in [1.29, 1.82) is 0 Å². The van der Waals surface area contributed by atoms with Crippen molar-refractivity contribution in [2.75, 3.05) is 39.6 Å². The fourth-order valence-electron chi connectivity index (χ4n) is 11.0. The van der Waals surface area contributed by atoms with Crippen molar-refractivity contribution in [3.8, 4) is 0 Å². The van der Waals surface area contributed by atoms with Crippen LogP contribution in [0.1, 0.15) is 336 Å². The summed E-state index contributed by atoms with van der Waals surface area (Å²) in [5, 5.41) is 10.7. The van der Waals surface area contributed by atoms with Crippen LogP contribution in [0, 0.1) is 0 Å². The summed E-state index contributed by atoms with van der Waals surface area (Å²) in [6.07, 6.45) is 92.4. The second-order valence-corrected chi connectivity index (χ2v) is 30.6. The molecular formula is C89H150O17P2. The Morgan fingerprint density at radius 3 is 0.769 bits per heavy atom. The molecule has 108 heavy (non-hydrogen) atoms. The van der Waals surface area contributed by atoms with Crippen LogP contribution in [0.2, 0.25) is 0 Å². The van der Waals surface area contributed by atoms with E-state index in [1.165, 1.54) is 83.5 Å². The molecule has 0 rings (SSSR count). The van der Waals surface area contributed by atoms with Gasteiger partial charge >= 0.3 is 39.5 Å². The molecule has 5 atom stereocenters. The van der Waals surface area contributed by atoms with Crippen molar-refractivity contribution in [3.63, 3.8) is 0 Å². The number of phosphoric acid groups is 2. The lowest BCUT2D eigenvalue weighted by Gasteiger charge is -2.21. The molecule has 0 bridgehead atoms. The molecule has 0 saturated carbocycles. The van der Waals surface area contributed by atoms with Gasteiger partial charge in [-0.3, -0.25) is 37.3 Å². The maximum atomic E-state index is 13.1. The molecule has 0 aromatic rings. The molecule has 0 aliphatic rings. The van der Waals surface area contributed by atoms with Crippen LogP contribution < -0.4 is 0 Å². The van der Waals surface area contributed by atoms with E-state index in [-0.39, 0.29) is 25.7 Å². The summed E-state index contributed by atoms with van der Waals surface area (Å²) in [6.45, 7) is 4.57. The van der Waals surface area contributed by atoms with Crippen LogP contribution in [0.5, 0.6) is 0 Å². The maximum absolute atomic E-state index is 13.1. The van der Waals surface area contributed by atoms with Crippen LogP contribution in [0.15, 0.2) is 146 Å². The predicted octanol–water partition coefficient (Wildman–Crippen LogP) is 25.0. The van der Waals surface area contributed by atoms with Gasteiger partial charge in [0, 0.05) is 25.7 Å². The van der Waals surface area contributed by atoms with E-state index in [4.69, 9.17) is 37.0 Å². The van der Waals surface area contributed by atoms with Gasteiger partial charge in [0.2, 0.25) is 0 Å². The van der Waals surface area contributed by atoms with E-state index in [1.54, 1.807) is 0 Å². The highest BCUT2D eigenvalue weighted by molar-refractivity contribution is 7.47. The van der Waals surface area contributed by atoms with Crippen molar-refractivity contribution in [2.24, 2.45) is 0 Å². The number of rotatable bonds is 78. The smallest absolute Gasteiger partial charge is 0.462 e. The summed E-state index contributed by atoms with van der Waals surface area (Å²) in [5.41, 5.74) is 0. The van der Waals surface area contributed by atoms with Crippen LogP contribution in [0.4, 0.5) is 0 Å². The van der Waals surface area contributed by atoms with Crippen molar-refractivity contribution in [1.82, 2.24) is 0 Å². The van der Waals surface area contributed by atoms with Gasteiger partial charge in [0.05, 0.1) is 26.4 Å². The number of esters is 4. The van der Waals surface area contributed by atoms with Gasteiger partial charge in [0.1, 0.15) is 19.3 Å². The van der Waals surface area contributed by atoms with E-state index in [9.17, 15) is 43.2 Å². The molecule has 0 spiro atoms. The summed E-state index contributed by atoms with van der Waals surface area (Å²) in [5.74, 6) is -2.26. The van der Waals surface area contributed by atoms with Gasteiger partial charge in [-0.15, -0.1) is 0 Å². The zero-order valence-corrected chi connectivity index (χ0v) is 69.5. The predicted molar refractivity (Wildman–Crippen MR) is 445 cm³/mol. The molecule has 0 aromatic heterocycles. The molecule has 17 nitrogen and oxygen atoms in total. The Bertz CT molecular complexity index is 2610. The number of carbonyl (C=O) groups excluding carboxylic acids is 4. The lowest BCUT2D eigenvalue weighted by atomic mass is 10.0. The van der Waals surface area contributed by atoms with Gasteiger partial charge in [-0.2, -0.15) is 0 Å². The van der Waals surface area contributed by atoms with Gasteiger partial charge in [-0.1, -0.05) is 308 Å². The third-order valence-corrected chi connectivity index (χ3v) is 19.2. The Morgan fingerprint density at radius 1 is 0.269 bits per heavy atom. The second-order valence-electron chi connectivity index (χ2n) is 27.7. The Hall–Kier alpha value is -5.06. The first kappa shape index (κ1) is 103. The minimum absolute atomic E-state index is 0.0674. The Morgan fingerprint density at radius 2 is 0.481 bits per heavy atom. The SMILES string of the molecule is CC/C=C\C/C=C\C/C=C\C/C=C\C/C=C\CCCCCC(=O)OC[C@H](COP(=O)(O)OC[C@@H](O)COP(=O)(O)OC[C@@H](COC(=O)CCCCC/C=C\C/C=C\C/C=C\C/C=C\C/C=C\CC)OC(=O)CCCCCCCCCCCCCCCCC)OC(=O)CCCCCCC/C=C\C/C=C\CCCCC. The number of ether oxygens (including phenoxy) is 4. The molecule has 0 aliphatic carbocycles. The van der Waals surface area contributed by atoms with E-state index in [0.29, 0.717) is 25.7 Å². The molecular weight excluding hydrogens is 1400 g/mol. The number of phosphoric ester groups is 2. The van der Waals surface area contributed by atoms with Crippen LogP contribution in [0.25, 0.3) is 0 Å². The number of aliphatic hydroxyl groups is 1. The van der Waals surface area contributed by atoms with Gasteiger partial charge < -0.3 is 33.8 Å². The second kappa shape index (κ2) is 80.0. The minimum Gasteiger partial charge on any atom is -0.462 e. The molecule has 0 heterocycles. The maximum Gasteiger partial charge on any atom is 0.472 e. The molecule has 0 radical (unpaired) electrons. The molecule has 0 amide bonds. The van der Waals surface area contributed by atoms with E-state index in [2.05, 4.69) is 174 Å². The van der Waals surface area contributed by atoms with Crippen LogP contribution in [0.3, 0.4) is 0 Å². The van der Waals surface area contributed by atoms with Gasteiger partial charge in [-0.05, 0) is 148 Å². The number of aliphatic hydroxyl groups excluding tert-OH is 1. The van der Waals surface area contributed by atoms with Crippen molar-refractivity contribution < 1.29 is 80.2 Å². The molecule has 3 N–H and O–H groups in total. The molecule has 0 aromatic carbocycles. The number of hydrogen-bond donors (Lipinski definition) is 3. The molecule has 19 heteroatoms. The first-order chi connectivity index (χ1) is 52.7. The fraction of sp³-hybridized carbons (Fsp3) is 0.685. The van der Waals surface area contributed by atoms with E-state index in [1.807, 2.05) is 0 Å². The highest BCUT2D eigenvalue weighted by atomic mass is 31.2. The van der Waals surface area contributed by atoms with Crippen LogP contribution in [-0.2, 0) is 65.4 Å². The van der Waals surface area contributed by atoms with E-state index < -0.39 is 97.5 Å². The highest BCUT2D eigenvalue weighted by Crippen LogP contribution is 2.45. The lowest BCUT2D eigenvalue weighted by molar-refractivity contribution is -0.161. The summed E-state index contributed by atoms with van der Waals surface area (Å²) in [6, 6.07) is 0. The standard InChI is InChI=1S/C89H150O17P2/c1-5-9-13-17-21-25-29-33-37-39-41-43-47-49-53-57-61-65-69-73-86(91)99-79-84(105-88(93)75-71-67-63-59-55-51-45-35-31-27-23-19-15-11-7-3)81-103-107(95,96)101-77-83(90)78-102-108(97,98)104-82-85(106-89(94)76-72-68-64-60-56-52-46-36-32-28-24-20-16-12-8-4)80-100-87(92)74-70-66-62-58-54-50-48-44-42-40-38-34-30-26-22-18-14-10-6-2/h9-10,13-14,21-23,25-27,33-35,37-38,41-45,49-50,53-54,83-85,90H,5-8,11-12,15-20,24,28-32,36,39-40,46-48,51-52,55-82H2,1-4H3,(H,95,96)(H,97,98)/b13-9-,14-10-,25-21-,26-22-,27-23-,37-33-,38-34-,43-41-,44-42-,45-35-,53-49-,54-50-/t83-,84-,85-/m1/s1. The minimum atomic E-state index is -5.00. The number of allylic oxidation sites excluding steroid dienone is 24. The highest BCUT2D eigenvalue weighted by Gasteiger charge is 2.30. The topological polar surface area (TPSA) is 237 Å². The number of unbranched alkanes of at least 4 members (excludes halogenated alkanes) is 28. The fourth-order valence-corrected chi connectivity index (χ4v) is 12.5. The van der Waals surface area contributed by atoms with E-state index >= 15 is 0 Å². The summed E-state index contributed by atoms with van der Waals surface area (Å²) < 4.78 is 68.7. The van der Waals surface area contributed by atoms with Crippen LogP contribution >= 0.6 is 15.6 Å². The van der Waals surface area contributed by atoms with Crippen molar-refractivity contribution in [3.05, 3.63) is 146 Å². The Balaban J connectivity index is 5.44. The average Bonchev–Trinajstić information content (AvgIpc) is 0.923. The van der Waals surface area contributed by atoms with Crippen molar-refractivity contribution >= 4 is 39.5 Å². The van der Waals surface area contributed by atoms with Crippen molar-refractivity contribution in [2.45, 2.75) is 354 Å².